The SMILES string of the molecule is CC1(C)C(NCC2CCCOC2)C2CCCOC21. The molecule has 4 unspecified atom stereocenters. The molecule has 0 aromatic carbocycles. The molecule has 104 valence electrons. The van der Waals surface area contributed by atoms with E-state index in [0.717, 1.165) is 38.2 Å². The third kappa shape index (κ3) is 2.21. The van der Waals surface area contributed by atoms with E-state index in [1.807, 2.05) is 0 Å². The van der Waals surface area contributed by atoms with Crippen LogP contribution in [0, 0.1) is 17.3 Å². The fourth-order valence-electron chi connectivity index (χ4n) is 4.20. The normalized spacial score (nSPS) is 43.0. The Balaban J connectivity index is 1.52. The van der Waals surface area contributed by atoms with Gasteiger partial charge in [-0.25, -0.2) is 0 Å². The van der Waals surface area contributed by atoms with Crippen molar-refractivity contribution in [2.45, 2.75) is 51.7 Å². The van der Waals surface area contributed by atoms with E-state index in [0.29, 0.717) is 17.6 Å². The van der Waals surface area contributed by atoms with Crippen molar-refractivity contribution in [2.75, 3.05) is 26.4 Å². The van der Waals surface area contributed by atoms with Gasteiger partial charge in [-0.05, 0) is 31.6 Å². The van der Waals surface area contributed by atoms with Crippen LogP contribution in [0.5, 0.6) is 0 Å². The molecular weight excluding hydrogens is 226 g/mol. The Bertz CT molecular complexity index is 286. The second-order valence-electron chi connectivity index (χ2n) is 6.89. The summed E-state index contributed by atoms with van der Waals surface area (Å²) in [4.78, 5) is 0. The molecule has 2 heterocycles. The highest BCUT2D eigenvalue weighted by Gasteiger charge is 2.57. The van der Waals surface area contributed by atoms with Crippen LogP contribution in [0.2, 0.25) is 0 Å². The predicted molar refractivity (Wildman–Crippen MR) is 71.6 cm³/mol. The smallest absolute Gasteiger partial charge is 0.0684 e. The van der Waals surface area contributed by atoms with E-state index >= 15 is 0 Å². The van der Waals surface area contributed by atoms with Gasteiger partial charge in [0.1, 0.15) is 0 Å². The minimum Gasteiger partial charge on any atom is -0.381 e. The molecule has 0 aromatic heterocycles. The molecule has 1 N–H and O–H groups in total. The van der Waals surface area contributed by atoms with E-state index < -0.39 is 0 Å². The lowest BCUT2D eigenvalue weighted by Gasteiger charge is -2.60. The van der Waals surface area contributed by atoms with E-state index in [1.165, 1.54) is 25.7 Å². The number of ether oxygens (including phenoxy) is 2. The van der Waals surface area contributed by atoms with Gasteiger partial charge in [0.05, 0.1) is 12.7 Å². The van der Waals surface area contributed by atoms with Gasteiger partial charge in [-0.2, -0.15) is 0 Å². The Labute approximate surface area is 111 Å². The third-order valence-corrected chi connectivity index (χ3v) is 5.21. The van der Waals surface area contributed by atoms with Crippen LogP contribution in [0.3, 0.4) is 0 Å². The van der Waals surface area contributed by atoms with Crippen molar-refractivity contribution in [2.24, 2.45) is 17.3 Å². The molecule has 0 aromatic rings. The van der Waals surface area contributed by atoms with Crippen LogP contribution >= 0.6 is 0 Å². The topological polar surface area (TPSA) is 30.5 Å². The minimum atomic E-state index is 0.306. The van der Waals surface area contributed by atoms with Crippen molar-refractivity contribution in [1.82, 2.24) is 5.32 Å². The average molecular weight is 253 g/mol. The monoisotopic (exact) mass is 253 g/mol. The first-order valence-electron chi connectivity index (χ1n) is 7.62. The lowest BCUT2D eigenvalue weighted by Crippen LogP contribution is -2.69. The highest BCUT2D eigenvalue weighted by molar-refractivity contribution is 5.10. The Kier molecular flexibility index (Phi) is 3.65. The number of fused-ring (bicyclic) bond motifs is 1. The van der Waals surface area contributed by atoms with Gasteiger partial charge in [0, 0.05) is 37.1 Å². The highest BCUT2D eigenvalue weighted by Crippen LogP contribution is 2.51. The van der Waals surface area contributed by atoms with Crippen molar-refractivity contribution in [3.05, 3.63) is 0 Å². The molecule has 1 saturated carbocycles. The first-order valence-corrected chi connectivity index (χ1v) is 7.62. The van der Waals surface area contributed by atoms with Crippen LogP contribution in [0.25, 0.3) is 0 Å². The average Bonchev–Trinajstić information content (AvgIpc) is 2.40. The summed E-state index contributed by atoms with van der Waals surface area (Å²) < 4.78 is 11.5. The van der Waals surface area contributed by atoms with Gasteiger partial charge in [-0.15, -0.1) is 0 Å². The molecule has 3 rings (SSSR count). The maximum absolute atomic E-state index is 5.95. The van der Waals surface area contributed by atoms with Gasteiger partial charge < -0.3 is 14.8 Å². The Morgan fingerprint density at radius 3 is 2.78 bits per heavy atom. The molecule has 2 saturated heterocycles. The van der Waals surface area contributed by atoms with Crippen LogP contribution in [0.4, 0.5) is 0 Å². The summed E-state index contributed by atoms with van der Waals surface area (Å²) in [6.45, 7) is 8.71. The summed E-state index contributed by atoms with van der Waals surface area (Å²) in [6.07, 6.45) is 5.63. The third-order valence-electron chi connectivity index (χ3n) is 5.21. The number of hydrogen-bond acceptors (Lipinski definition) is 3. The molecule has 3 aliphatic rings. The predicted octanol–water partition coefficient (Wildman–Crippen LogP) is 2.21. The second-order valence-corrected chi connectivity index (χ2v) is 6.89. The molecule has 3 nitrogen and oxygen atoms in total. The number of rotatable bonds is 3. The van der Waals surface area contributed by atoms with Crippen LogP contribution in [-0.4, -0.2) is 38.5 Å². The van der Waals surface area contributed by atoms with Crippen molar-refractivity contribution in [3.8, 4) is 0 Å². The van der Waals surface area contributed by atoms with Crippen molar-refractivity contribution in [3.63, 3.8) is 0 Å². The largest absolute Gasteiger partial charge is 0.381 e. The fraction of sp³-hybridized carbons (Fsp3) is 1.00. The van der Waals surface area contributed by atoms with E-state index in [4.69, 9.17) is 9.47 Å². The fourth-order valence-corrected chi connectivity index (χ4v) is 4.20. The molecule has 3 heteroatoms. The standard InChI is InChI=1S/C15H27NO2/c1-15(2)13(12-6-4-8-18-14(12)15)16-9-11-5-3-7-17-10-11/h11-14,16H,3-10H2,1-2H3. The summed E-state index contributed by atoms with van der Waals surface area (Å²) in [7, 11) is 0. The first-order chi connectivity index (χ1) is 8.69. The minimum absolute atomic E-state index is 0.306. The molecule has 0 radical (unpaired) electrons. The van der Waals surface area contributed by atoms with Crippen molar-refractivity contribution < 1.29 is 9.47 Å². The Morgan fingerprint density at radius 2 is 2.00 bits per heavy atom. The van der Waals surface area contributed by atoms with Gasteiger partial charge in [-0.3, -0.25) is 0 Å². The van der Waals surface area contributed by atoms with Gasteiger partial charge in [0.15, 0.2) is 0 Å². The second kappa shape index (κ2) is 5.10. The van der Waals surface area contributed by atoms with E-state index in [1.54, 1.807) is 0 Å². The number of hydrogen-bond donors (Lipinski definition) is 1. The van der Waals surface area contributed by atoms with Crippen LogP contribution < -0.4 is 5.32 Å². The van der Waals surface area contributed by atoms with Gasteiger partial charge in [-0.1, -0.05) is 13.8 Å². The molecule has 18 heavy (non-hydrogen) atoms. The highest BCUT2D eigenvalue weighted by atomic mass is 16.5. The first kappa shape index (κ1) is 12.9. The van der Waals surface area contributed by atoms with E-state index in [9.17, 15) is 0 Å². The van der Waals surface area contributed by atoms with Crippen LogP contribution in [-0.2, 0) is 9.47 Å². The summed E-state index contributed by atoms with van der Waals surface area (Å²) >= 11 is 0. The van der Waals surface area contributed by atoms with Gasteiger partial charge in [0.2, 0.25) is 0 Å². The summed E-state index contributed by atoms with van der Waals surface area (Å²) in [5, 5.41) is 3.82. The Morgan fingerprint density at radius 1 is 1.17 bits per heavy atom. The number of nitrogens with one attached hydrogen (secondary N) is 1. The lowest BCUT2D eigenvalue weighted by molar-refractivity contribution is -0.193. The molecular formula is C15H27NO2. The van der Waals surface area contributed by atoms with Crippen LogP contribution in [0.15, 0.2) is 0 Å². The molecule has 0 bridgehead atoms. The zero-order chi connectivity index (χ0) is 12.6. The summed E-state index contributed by atoms with van der Waals surface area (Å²) in [6, 6.07) is 0.643. The van der Waals surface area contributed by atoms with Gasteiger partial charge in [0.25, 0.3) is 0 Å². The molecule has 4 atom stereocenters. The summed E-state index contributed by atoms with van der Waals surface area (Å²) in [5.74, 6) is 1.47. The molecule has 2 aliphatic heterocycles. The van der Waals surface area contributed by atoms with Crippen molar-refractivity contribution in [1.29, 1.82) is 0 Å². The maximum Gasteiger partial charge on any atom is 0.0684 e. The quantitative estimate of drug-likeness (QED) is 0.836. The maximum atomic E-state index is 5.95. The van der Waals surface area contributed by atoms with Gasteiger partial charge >= 0.3 is 0 Å². The molecule has 1 aliphatic carbocycles. The summed E-state index contributed by atoms with van der Waals surface area (Å²) in [5.41, 5.74) is 0.306. The zero-order valence-electron chi connectivity index (χ0n) is 11.8. The molecule has 3 fully saturated rings. The Hall–Kier alpha value is -0.120. The lowest BCUT2D eigenvalue weighted by atomic mass is 9.55. The molecule has 0 spiro atoms. The molecule has 0 amide bonds. The van der Waals surface area contributed by atoms with E-state index in [-0.39, 0.29) is 0 Å². The van der Waals surface area contributed by atoms with E-state index in [2.05, 4.69) is 19.2 Å². The van der Waals surface area contributed by atoms with Crippen LogP contribution in [0.1, 0.15) is 39.5 Å². The zero-order valence-corrected chi connectivity index (χ0v) is 11.8. The van der Waals surface area contributed by atoms with Crippen molar-refractivity contribution >= 4 is 0 Å².